The molecule has 6 heteroatoms. The van der Waals surface area contributed by atoms with Gasteiger partial charge in [0.15, 0.2) is 0 Å². The number of nitrogens with zero attached hydrogens (tertiary/aromatic N) is 2. The first-order valence-corrected chi connectivity index (χ1v) is 5.25. The van der Waals surface area contributed by atoms with Crippen molar-refractivity contribution in [2.24, 2.45) is 0 Å². The van der Waals surface area contributed by atoms with Crippen LogP contribution in [0.15, 0.2) is 30.6 Å². The van der Waals surface area contributed by atoms with Crippen LogP contribution in [0.4, 0.5) is 13.2 Å². The van der Waals surface area contributed by atoms with E-state index in [0.29, 0.717) is 6.54 Å². The largest absolute Gasteiger partial charge is 0.390 e. The third-order valence-electron chi connectivity index (χ3n) is 2.31. The molecule has 17 heavy (non-hydrogen) atoms. The van der Waals surface area contributed by atoms with Gasteiger partial charge < -0.3 is 9.72 Å². The van der Waals surface area contributed by atoms with Crippen LogP contribution in [0.2, 0.25) is 0 Å². The maximum atomic E-state index is 11.9. The summed E-state index contributed by atoms with van der Waals surface area (Å²) in [6.07, 6.45) is -1.27. The summed E-state index contributed by atoms with van der Waals surface area (Å²) < 4.78 is 37.5. The van der Waals surface area contributed by atoms with Crippen LogP contribution in [0.25, 0.3) is 5.65 Å². The van der Waals surface area contributed by atoms with E-state index in [1.165, 1.54) is 0 Å². The van der Waals surface area contributed by atoms with Crippen LogP contribution in [0.5, 0.6) is 0 Å². The normalized spacial score (nSPS) is 12.2. The van der Waals surface area contributed by atoms with Gasteiger partial charge >= 0.3 is 6.18 Å². The van der Waals surface area contributed by atoms with Gasteiger partial charge in [-0.1, -0.05) is 6.07 Å². The van der Waals surface area contributed by atoms with Crippen LogP contribution in [0.3, 0.4) is 0 Å². The molecule has 0 fully saturated rings. The zero-order valence-corrected chi connectivity index (χ0v) is 9.04. The standard InChI is InChI=1S/C11H12F3N3/c12-11(13,14)4-5-15-7-9-8-17-6-2-1-3-10(17)16-9/h1-3,6,8,15H,4-5,7H2. The highest BCUT2D eigenvalue weighted by molar-refractivity contribution is 5.39. The Balaban J connectivity index is 1.87. The molecule has 0 atom stereocenters. The molecule has 3 nitrogen and oxygen atoms in total. The minimum absolute atomic E-state index is 0.0859. The van der Waals surface area contributed by atoms with Crippen LogP contribution in [-0.4, -0.2) is 22.1 Å². The first-order chi connectivity index (χ1) is 8.04. The van der Waals surface area contributed by atoms with Gasteiger partial charge in [-0.05, 0) is 12.1 Å². The van der Waals surface area contributed by atoms with E-state index in [2.05, 4.69) is 10.3 Å². The number of halogens is 3. The summed E-state index contributed by atoms with van der Waals surface area (Å²) in [5.41, 5.74) is 1.53. The molecule has 0 aliphatic heterocycles. The molecule has 2 aromatic heterocycles. The van der Waals surface area contributed by atoms with E-state index in [1.807, 2.05) is 28.8 Å². The van der Waals surface area contributed by atoms with Crippen LogP contribution >= 0.6 is 0 Å². The molecule has 0 amide bonds. The van der Waals surface area contributed by atoms with Gasteiger partial charge in [0, 0.05) is 25.5 Å². The van der Waals surface area contributed by atoms with Crippen LogP contribution in [-0.2, 0) is 6.54 Å². The molecule has 0 aliphatic rings. The van der Waals surface area contributed by atoms with E-state index in [0.717, 1.165) is 11.3 Å². The van der Waals surface area contributed by atoms with Crippen LogP contribution in [0.1, 0.15) is 12.1 Å². The van der Waals surface area contributed by atoms with Gasteiger partial charge in [-0.2, -0.15) is 13.2 Å². The lowest BCUT2D eigenvalue weighted by molar-refractivity contribution is -0.133. The summed E-state index contributed by atoms with van der Waals surface area (Å²) in [6, 6.07) is 5.58. The number of hydrogen-bond donors (Lipinski definition) is 1. The van der Waals surface area contributed by atoms with Gasteiger partial charge in [0.1, 0.15) is 5.65 Å². The summed E-state index contributed by atoms with van der Waals surface area (Å²) in [5.74, 6) is 0. The second-order valence-corrected chi connectivity index (χ2v) is 3.74. The van der Waals surface area contributed by atoms with Gasteiger partial charge in [-0.3, -0.25) is 0 Å². The third kappa shape index (κ3) is 3.45. The van der Waals surface area contributed by atoms with Crippen molar-refractivity contribution in [2.45, 2.75) is 19.1 Å². The molecule has 2 aromatic rings. The Morgan fingerprint density at radius 2 is 2.12 bits per heavy atom. The topological polar surface area (TPSA) is 29.3 Å². The van der Waals surface area contributed by atoms with Gasteiger partial charge in [0.2, 0.25) is 0 Å². The van der Waals surface area contributed by atoms with Gasteiger partial charge in [0.25, 0.3) is 0 Å². The van der Waals surface area contributed by atoms with Crippen molar-refractivity contribution in [1.29, 1.82) is 0 Å². The monoisotopic (exact) mass is 243 g/mol. The van der Waals surface area contributed by atoms with Crippen molar-refractivity contribution < 1.29 is 13.2 Å². The first-order valence-electron chi connectivity index (χ1n) is 5.25. The van der Waals surface area contributed by atoms with E-state index in [-0.39, 0.29) is 6.54 Å². The summed E-state index contributed by atoms with van der Waals surface area (Å²) in [4.78, 5) is 4.27. The van der Waals surface area contributed by atoms with E-state index in [9.17, 15) is 13.2 Å². The van der Waals surface area contributed by atoms with E-state index in [1.54, 1.807) is 6.20 Å². The number of alkyl halides is 3. The molecule has 0 unspecified atom stereocenters. The average molecular weight is 243 g/mol. The fraction of sp³-hybridized carbons (Fsp3) is 0.364. The van der Waals surface area contributed by atoms with Gasteiger partial charge in [-0.15, -0.1) is 0 Å². The lowest BCUT2D eigenvalue weighted by atomic mass is 10.4. The predicted molar refractivity (Wildman–Crippen MR) is 57.6 cm³/mol. The smallest absolute Gasteiger partial charge is 0.311 e. The Morgan fingerprint density at radius 1 is 1.29 bits per heavy atom. The number of imidazole rings is 1. The average Bonchev–Trinajstić information content (AvgIpc) is 2.65. The van der Waals surface area contributed by atoms with E-state index in [4.69, 9.17) is 0 Å². The molecular weight excluding hydrogens is 231 g/mol. The SMILES string of the molecule is FC(F)(F)CCNCc1cn2ccccc2n1. The highest BCUT2D eigenvalue weighted by atomic mass is 19.4. The molecule has 0 saturated heterocycles. The molecule has 0 spiro atoms. The summed E-state index contributed by atoms with van der Waals surface area (Å²) in [6.45, 7) is 0.259. The molecule has 1 N–H and O–H groups in total. The number of fused-ring (bicyclic) bond motifs is 1. The van der Waals surface area contributed by atoms with E-state index >= 15 is 0 Å². The predicted octanol–water partition coefficient (Wildman–Crippen LogP) is 2.38. The fourth-order valence-electron chi connectivity index (χ4n) is 1.52. The summed E-state index contributed by atoms with van der Waals surface area (Å²) in [7, 11) is 0. The maximum Gasteiger partial charge on any atom is 0.390 e. The Labute approximate surface area is 96.3 Å². The Kier molecular flexibility index (Phi) is 3.33. The highest BCUT2D eigenvalue weighted by Gasteiger charge is 2.25. The Bertz CT molecular complexity index is 457. The molecule has 0 bridgehead atoms. The number of aromatic nitrogens is 2. The van der Waals surface area contributed by atoms with Crippen molar-refractivity contribution in [3.63, 3.8) is 0 Å². The minimum atomic E-state index is -4.11. The highest BCUT2D eigenvalue weighted by Crippen LogP contribution is 2.18. The number of nitrogens with one attached hydrogen (secondary N) is 1. The molecule has 0 saturated carbocycles. The van der Waals surface area contributed by atoms with Crippen molar-refractivity contribution in [2.75, 3.05) is 6.54 Å². The molecule has 2 heterocycles. The fourth-order valence-corrected chi connectivity index (χ4v) is 1.52. The molecule has 0 radical (unpaired) electrons. The lowest BCUT2D eigenvalue weighted by Crippen LogP contribution is -2.21. The van der Waals surface area contributed by atoms with E-state index < -0.39 is 12.6 Å². The lowest BCUT2D eigenvalue weighted by Gasteiger charge is -2.05. The zero-order chi connectivity index (χ0) is 12.3. The molecule has 0 aliphatic carbocycles. The Morgan fingerprint density at radius 3 is 2.82 bits per heavy atom. The summed E-state index contributed by atoms with van der Waals surface area (Å²) in [5, 5.41) is 2.72. The number of rotatable bonds is 4. The second kappa shape index (κ2) is 4.75. The minimum Gasteiger partial charge on any atom is -0.311 e. The quantitative estimate of drug-likeness (QED) is 0.835. The molecule has 0 aromatic carbocycles. The van der Waals surface area contributed by atoms with Gasteiger partial charge in [0.05, 0.1) is 12.1 Å². The maximum absolute atomic E-state index is 11.9. The number of pyridine rings is 1. The van der Waals surface area contributed by atoms with Crippen molar-refractivity contribution in [1.82, 2.24) is 14.7 Å². The second-order valence-electron chi connectivity index (χ2n) is 3.74. The molecule has 2 rings (SSSR count). The van der Waals surface area contributed by atoms with Crippen molar-refractivity contribution >= 4 is 5.65 Å². The van der Waals surface area contributed by atoms with Gasteiger partial charge in [-0.25, -0.2) is 4.98 Å². The number of hydrogen-bond acceptors (Lipinski definition) is 2. The van der Waals surface area contributed by atoms with Crippen LogP contribution < -0.4 is 5.32 Å². The van der Waals surface area contributed by atoms with Crippen molar-refractivity contribution in [3.05, 3.63) is 36.3 Å². The van der Waals surface area contributed by atoms with Crippen LogP contribution in [0, 0.1) is 0 Å². The zero-order valence-electron chi connectivity index (χ0n) is 9.04. The molecule has 92 valence electrons. The summed E-state index contributed by atoms with van der Waals surface area (Å²) >= 11 is 0. The first kappa shape index (κ1) is 11.9. The van der Waals surface area contributed by atoms with Crippen molar-refractivity contribution in [3.8, 4) is 0 Å². The molecular formula is C11H12F3N3. The Hall–Kier alpha value is -1.56. The third-order valence-corrected chi connectivity index (χ3v) is 2.31.